The number of hydrogen-bond acceptors (Lipinski definition) is 9. The van der Waals surface area contributed by atoms with Crippen LogP contribution in [0.2, 0.25) is 0 Å². The van der Waals surface area contributed by atoms with Gasteiger partial charge in [0.2, 0.25) is 17.8 Å². The number of rotatable bonds is 13. The van der Waals surface area contributed by atoms with Crippen LogP contribution >= 0.6 is 0 Å². The van der Waals surface area contributed by atoms with E-state index in [1.165, 1.54) is 0 Å². The van der Waals surface area contributed by atoms with Crippen LogP contribution in [-0.2, 0) is 13.3 Å². The highest BCUT2D eigenvalue weighted by atomic mass is 28.4. The second kappa shape index (κ2) is 23.8. The summed E-state index contributed by atoms with van der Waals surface area (Å²) in [7, 11) is -2.80. The maximum absolute atomic E-state index is 5.82. The van der Waals surface area contributed by atoms with Crippen LogP contribution in [0.25, 0.3) is 0 Å². The Morgan fingerprint density at radius 2 is 0.867 bits per heavy atom. The first-order chi connectivity index (χ1) is 11.6. The Labute approximate surface area is 189 Å². The maximum atomic E-state index is 5.82. The van der Waals surface area contributed by atoms with Gasteiger partial charge < -0.3 is 29.2 Å². The Morgan fingerprint density at radius 1 is 0.567 bits per heavy atom. The van der Waals surface area contributed by atoms with E-state index in [0.29, 0.717) is 43.8 Å². The zero-order valence-corrected chi connectivity index (χ0v) is 16.3. The van der Waals surface area contributed by atoms with Gasteiger partial charge in [0.05, 0.1) is 6.17 Å². The fourth-order valence-corrected chi connectivity index (χ4v) is 4.30. The summed E-state index contributed by atoms with van der Waals surface area (Å²) in [6.45, 7) is 12.8. The summed E-state index contributed by atoms with van der Waals surface area (Å²) < 4.78 is 17.5. The van der Waals surface area contributed by atoms with Crippen LogP contribution in [0.1, 0.15) is 79.2 Å². The lowest BCUT2D eigenvalue weighted by molar-refractivity contribution is 0.0740. The molecule has 9 nitrogen and oxygen atoms in total. The van der Waals surface area contributed by atoms with Crippen LogP contribution in [0, 0.1) is 0 Å². The summed E-state index contributed by atoms with van der Waals surface area (Å²) in [5, 5.41) is 9.37. The second-order valence-corrected chi connectivity index (χ2v) is 7.29. The van der Waals surface area contributed by atoms with Crippen molar-refractivity contribution < 1.29 is 13.3 Å². The normalized spacial score (nSPS) is 9.10. The van der Waals surface area contributed by atoms with Gasteiger partial charge in [0, 0.05) is 32.9 Å². The first-order valence-corrected chi connectivity index (χ1v) is 10.5. The van der Waals surface area contributed by atoms with Crippen LogP contribution in [-0.4, -0.2) is 62.8 Å². The van der Waals surface area contributed by atoms with Crippen molar-refractivity contribution in [2.24, 2.45) is 0 Å². The molecule has 0 aliphatic carbocycles. The quantitative estimate of drug-likeness (QED) is 0.331. The Morgan fingerprint density at radius 3 is 1.13 bits per heavy atom. The summed E-state index contributed by atoms with van der Waals surface area (Å²) in [6, 6.07) is 0. The molecule has 0 aromatic carbocycles. The minimum absolute atomic E-state index is 0. The van der Waals surface area contributed by atoms with Gasteiger partial charge in [0.1, 0.15) is 0 Å². The van der Waals surface area contributed by atoms with Crippen LogP contribution in [0.4, 0.5) is 17.8 Å². The molecule has 10 heteroatoms. The first kappa shape index (κ1) is 42.6. The molecule has 0 saturated heterocycles. The van der Waals surface area contributed by atoms with Crippen molar-refractivity contribution in [2.45, 2.75) is 79.2 Å². The molecule has 1 rings (SSSR count). The molecule has 0 radical (unpaired) electrons. The van der Waals surface area contributed by atoms with Gasteiger partial charge in [-0.05, 0) is 34.6 Å². The van der Waals surface area contributed by atoms with Crippen molar-refractivity contribution in [1.82, 2.24) is 15.0 Å². The zero-order valence-electron chi connectivity index (χ0n) is 15.3. The Bertz CT molecular complexity index is 443. The molecule has 0 unspecified atom stereocenters. The third-order valence-electron chi connectivity index (χ3n) is 2.86. The summed E-state index contributed by atoms with van der Waals surface area (Å²) in [5.74, 6) is 1.48. The standard InChI is InChI=1S/C14H30N6O3Si.6CH4/c1-6-15-12-18-13(16-7-2)20-14(19-12)17-11-24(21-8-3,22-9-4)23-10-5;;;;;;/h6-11H2,1-5H3,(H3,15,16,17,18,19,20);6*1H4. The molecule has 0 bridgehead atoms. The molecular weight excluding hydrogens is 400 g/mol. The lowest BCUT2D eigenvalue weighted by Crippen LogP contribution is -2.52. The van der Waals surface area contributed by atoms with Gasteiger partial charge in [0.25, 0.3) is 0 Å². The average Bonchev–Trinajstić information content (AvgIpc) is 2.54. The number of anilines is 3. The molecule has 0 aliphatic heterocycles. The lowest BCUT2D eigenvalue weighted by atomic mass is 10.7. The molecule has 0 aliphatic rings. The molecule has 1 aromatic heterocycles. The second-order valence-electron chi connectivity index (χ2n) is 4.70. The number of hydrogen-bond donors (Lipinski definition) is 3. The zero-order chi connectivity index (χ0) is 17.8. The molecule has 30 heavy (non-hydrogen) atoms. The predicted molar refractivity (Wildman–Crippen MR) is 138 cm³/mol. The number of nitrogens with one attached hydrogen (secondary N) is 3. The van der Waals surface area contributed by atoms with Crippen LogP contribution in [0.3, 0.4) is 0 Å². The summed E-state index contributed by atoms with van der Waals surface area (Å²) >= 11 is 0. The molecule has 1 aromatic rings. The van der Waals surface area contributed by atoms with Crippen molar-refractivity contribution in [1.29, 1.82) is 0 Å². The van der Waals surface area contributed by atoms with Gasteiger partial charge in [-0.1, -0.05) is 44.6 Å². The van der Waals surface area contributed by atoms with Gasteiger partial charge in [-0.2, -0.15) is 15.0 Å². The Kier molecular flexibility index (Phi) is 33.8. The fourth-order valence-electron chi connectivity index (χ4n) is 2.05. The van der Waals surface area contributed by atoms with Crippen LogP contribution in [0.15, 0.2) is 0 Å². The molecule has 0 atom stereocenters. The average molecular weight is 455 g/mol. The fraction of sp³-hybridized carbons (Fsp3) is 0.850. The van der Waals surface area contributed by atoms with Crippen LogP contribution < -0.4 is 16.0 Å². The molecule has 0 fully saturated rings. The SMILES string of the molecule is C.C.C.C.C.C.CCNc1nc(NCC)nc(NC[Si](OCC)(OCC)OCC)n1. The van der Waals surface area contributed by atoms with Gasteiger partial charge in [-0.25, -0.2) is 0 Å². The van der Waals surface area contributed by atoms with Crippen LogP contribution in [0.5, 0.6) is 0 Å². The molecule has 1 heterocycles. The van der Waals surface area contributed by atoms with Crippen molar-refractivity contribution in [3.63, 3.8) is 0 Å². The lowest BCUT2D eigenvalue weighted by Gasteiger charge is -2.28. The van der Waals surface area contributed by atoms with Gasteiger partial charge in [0.15, 0.2) is 0 Å². The van der Waals surface area contributed by atoms with E-state index < -0.39 is 8.80 Å². The van der Waals surface area contributed by atoms with E-state index in [0.717, 1.165) is 13.1 Å². The highest BCUT2D eigenvalue weighted by molar-refractivity contribution is 6.61. The van der Waals surface area contributed by atoms with E-state index in [4.69, 9.17) is 13.3 Å². The van der Waals surface area contributed by atoms with E-state index in [9.17, 15) is 0 Å². The van der Waals surface area contributed by atoms with E-state index >= 15 is 0 Å². The van der Waals surface area contributed by atoms with E-state index in [1.54, 1.807) is 0 Å². The first-order valence-electron chi connectivity index (χ1n) is 8.52. The van der Waals surface area contributed by atoms with Crippen molar-refractivity contribution in [3.05, 3.63) is 0 Å². The van der Waals surface area contributed by atoms with Crippen molar-refractivity contribution in [3.8, 4) is 0 Å². The van der Waals surface area contributed by atoms with Crippen molar-refractivity contribution in [2.75, 3.05) is 55.0 Å². The molecule has 186 valence electrons. The largest absolute Gasteiger partial charge is 0.521 e. The number of nitrogens with zero attached hydrogens (tertiary/aromatic N) is 3. The molecule has 0 saturated carbocycles. The highest BCUT2D eigenvalue weighted by Crippen LogP contribution is 2.13. The Hall–Kier alpha value is -1.49. The van der Waals surface area contributed by atoms with Gasteiger partial charge in [-0.15, -0.1) is 0 Å². The van der Waals surface area contributed by atoms with E-state index in [1.807, 2.05) is 34.6 Å². The summed E-state index contributed by atoms with van der Waals surface area (Å²) in [5.41, 5.74) is 0. The predicted octanol–water partition coefficient (Wildman–Crippen LogP) is 5.55. The highest BCUT2D eigenvalue weighted by Gasteiger charge is 2.40. The third kappa shape index (κ3) is 14.5. The van der Waals surface area contributed by atoms with Gasteiger partial charge >= 0.3 is 8.80 Å². The Balaban J connectivity index is -0.000000240. The minimum atomic E-state index is -2.80. The minimum Gasteiger partial charge on any atom is -0.373 e. The summed E-state index contributed by atoms with van der Waals surface area (Å²) in [6.07, 6.45) is 0.393. The maximum Gasteiger partial charge on any atom is 0.521 e. The molecular formula is C20H54N6O3Si. The molecule has 0 spiro atoms. The molecule has 0 amide bonds. The monoisotopic (exact) mass is 454 g/mol. The summed E-state index contributed by atoms with van der Waals surface area (Å²) in [4.78, 5) is 13.0. The van der Waals surface area contributed by atoms with E-state index in [-0.39, 0.29) is 44.6 Å². The third-order valence-corrected chi connectivity index (χ3v) is 5.66. The topological polar surface area (TPSA) is 102 Å². The number of aromatic nitrogens is 3. The molecule has 3 N–H and O–H groups in total. The smallest absolute Gasteiger partial charge is 0.373 e. The van der Waals surface area contributed by atoms with Gasteiger partial charge in [-0.3, -0.25) is 0 Å². The van der Waals surface area contributed by atoms with E-state index in [2.05, 4.69) is 30.9 Å². The van der Waals surface area contributed by atoms with Crippen molar-refractivity contribution >= 4 is 26.6 Å².